The number of amides is 1. The lowest BCUT2D eigenvalue weighted by molar-refractivity contribution is -0.127. The van der Waals surface area contributed by atoms with Gasteiger partial charge in [0.05, 0.1) is 5.92 Å². The summed E-state index contributed by atoms with van der Waals surface area (Å²) in [4.78, 5) is 12.2. The first-order chi connectivity index (χ1) is 7.58. The number of hydrogen-bond donors (Lipinski definition) is 2. The van der Waals surface area contributed by atoms with Crippen molar-refractivity contribution < 1.29 is 4.79 Å². The maximum atomic E-state index is 12.2. The molecule has 1 saturated carbocycles. The van der Waals surface area contributed by atoms with E-state index in [1.54, 1.807) is 0 Å². The predicted molar refractivity (Wildman–Crippen MR) is 67.1 cm³/mol. The Morgan fingerprint density at radius 1 is 1.25 bits per heavy atom. The second-order valence-electron chi connectivity index (χ2n) is 5.03. The lowest BCUT2D eigenvalue weighted by atomic mass is 9.88. The van der Waals surface area contributed by atoms with E-state index in [0.29, 0.717) is 0 Å². The summed E-state index contributed by atoms with van der Waals surface area (Å²) in [5.41, 5.74) is 5.95. The van der Waals surface area contributed by atoms with Gasteiger partial charge >= 0.3 is 0 Å². The molecule has 0 aromatic rings. The fourth-order valence-electron chi connectivity index (χ4n) is 2.68. The molecule has 0 aromatic carbocycles. The van der Waals surface area contributed by atoms with Crippen molar-refractivity contribution in [2.75, 3.05) is 0 Å². The van der Waals surface area contributed by atoms with Crippen LogP contribution in [0.1, 0.15) is 59.3 Å². The normalized spacial score (nSPS) is 25.8. The summed E-state index contributed by atoms with van der Waals surface area (Å²) < 4.78 is 0. The second-order valence-corrected chi connectivity index (χ2v) is 5.03. The molecule has 3 nitrogen and oxygen atoms in total. The van der Waals surface area contributed by atoms with E-state index in [2.05, 4.69) is 26.1 Å². The molecule has 0 bridgehead atoms. The molecule has 0 radical (unpaired) electrons. The number of rotatable bonds is 5. The Kier molecular flexibility index (Phi) is 4.78. The SMILES string of the molecule is CCC(CC)(CC)NC(=O)C1CCCC1N. The summed E-state index contributed by atoms with van der Waals surface area (Å²) in [5.74, 6) is 0.222. The summed E-state index contributed by atoms with van der Waals surface area (Å²) in [7, 11) is 0. The van der Waals surface area contributed by atoms with Gasteiger partial charge in [-0.2, -0.15) is 0 Å². The topological polar surface area (TPSA) is 55.1 Å². The van der Waals surface area contributed by atoms with Crippen molar-refractivity contribution in [2.24, 2.45) is 11.7 Å². The highest BCUT2D eigenvalue weighted by atomic mass is 16.2. The van der Waals surface area contributed by atoms with Crippen LogP contribution < -0.4 is 11.1 Å². The molecule has 94 valence electrons. The summed E-state index contributed by atoms with van der Waals surface area (Å²) in [6.45, 7) is 6.42. The van der Waals surface area contributed by atoms with Crippen LogP contribution in [-0.4, -0.2) is 17.5 Å². The Balaban J connectivity index is 2.61. The molecule has 0 aliphatic heterocycles. The van der Waals surface area contributed by atoms with E-state index in [1.165, 1.54) is 0 Å². The summed E-state index contributed by atoms with van der Waals surface area (Å²) in [6, 6.07) is 0.0725. The first-order valence-electron chi connectivity index (χ1n) is 6.66. The van der Waals surface area contributed by atoms with Gasteiger partial charge < -0.3 is 11.1 Å². The van der Waals surface area contributed by atoms with Crippen LogP contribution in [0.25, 0.3) is 0 Å². The molecular formula is C13H26N2O. The van der Waals surface area contributed by atoms with E-state index in [9.17, 15) is 4.79 Å². The second kappa shape index (κ2) is 5.67. The van der Waals surface area contributed by atoms with E-state index in [4.69, 9.17) is 5.73 Å². The Morgan fingerprint density at radius 2 is 1.81 bits per heavy atom. The number of nitrogens with two attached hydrogens (primary N) is 1. The molecule has 0 aromatic heterocycles. The highest BCUT2D eigenvalue weighted by molar-refractivity contribution is 5.80. The van der Waals surface area contributed by atoms with E-state index in [0.717, 1.165) is 38.5 Å². The highest BCUT2D eigenvalue weighted by Crippen LogP contribution is 2.26. The van der Waals surface area contributed by atoms with Crippen molar-refractivity contribution in [2.45, 2.75) is 70.9 Å². The van der Waals surface area contributed by atoms with Gasteiger partial charge in [-0.15, -0.1) is 0 Å². The van der Waals surface area contributed by atoms with Crippen molar-refractivity contribution in [3.8, 4) is 0 Å². The quantitative estimate of drug-likeness (QED) is 0.755. The zero-order chi connectivity index (χ0) is 12.2. The largest absolute Gasteiger partial charge is 0.350 e. The van der Waals surface area contributed by atoms with Gasteiger partial charge in [0.15, 0.2) is 0 Å². The summed E-state index contributed by atoms with van der Waals surface area (Å²) >= 11 is 0. The average Bonchev–Trinajstić information content (AvgIpc) is 2.72. The Bertz CT molecular complexity index is 228. The first kappa shape index (κ1) is 13.5. The van der Waals surface area contributed by atoms with Crippen molar-refractivity contribution in [3.05, 3.63) is 0 Å². The molecule has 3 heteroatoms. The average molecular weight is 226 g/mol. The minimum atomic E-state index is -0.0145. The number of carbonyl (C=O) groups excluding carboxylic acids is 1. The predicted octanol–water partition coefficient (Wildman–Crippen LogP) is 2.20. The van der Waals surface area contributed by atoms with Gasteiger partial charge in [0, 0.05) is 11.6 Å². The van der Waals surface area contributed by atoms with Gasteiger partial charge in [-0.05, 0) is 32.1 Å². The van der Waals surface area contributed by atoms with Crippen molar-refractivity contribution in [1.29, 1.82) is 0 Å². The monoisotopic (exact) mass is 226 g/mol. The van der Waals surface area contributed by atoms with Gasteiger partial charge in [-0.3, -0.25) is 4.79 Å². The summed E-state index contributed by atoms with van der Waals surface area (Å²) in [6.07, 6.45) is 6.03. The van der Waals surface area contributed by atoms with Gasteiger partial charge in [-0.1, -0.05) is 27.2 Å². The first-order valence-corrected chi connectivity index (χ1v) is 6.66. The fourth-order valence-corrected chi connectivity index (χ4v) is 2.68. The van der Waals surface area contributed by atoms with Crippen LogP contribution in [0.3, 0.4) is 0 Å². The van der Waals surface area contributed by atoms with E-state index < -0.39 is 0 Å². The van der Waals surface area contributed by atoms with Gasteiger partial charge in [0.25, 0.3) is 0 Å². The molecular weight excluding hydrogens is 200 g/mol. The molecule has 3 N–H and O–H groups in total. The van der Waals surface area contributed by atoms with E-state index in [-0.39, 0.29) is 23.4 Å². The number of hydrogen-bond acceptors (Lipinski definition) is 2. The lowest BCUT2D eigenvalue weighted by Gasteiger charge is -2.33. The molecule has 0 saturated heterocycles. The molecule has 1 aliphatic carbocycles. The minimum absolute atomic E-state index is 0.0145. The van der Waals surface area contributed by atoms with Gasteiger partial charge in [0.1, 0.15) is 0 Å². The molecule has 0 spiro atoms. The van der Waals surface area contributed by atoms with Crippen LogP contribution in [0.4, 0.5) is 0 Å². The minimum Gasteiger partial charge on any atom is -0.350 e. The fraction of sp³-hybridized carbons (Fsp3) is 0.923. The van der Waals surface area contributed by atoms with Crippen LogP contribution in [-0.2, 0) is 4.79 Å². The third kappa shape index (κ3) is 2.76. The van der Waals surface area contributed by atoms with Crippen molar-refractivity contribution in [1.82, 2.24) is 5.32 Å². The third-order valence-electron chi connectivity index (χ3n) is 4.32. The van der Waals surface area contributed by atoms with Crippen LogP contribution >= 0.6 is 0 Å². The molecule has 2 atom stereocenters. The summed E-state index contributed by atoms with van der Waals surface area (Å²) in [5, 5.41) is 3.23. The zero-order valence-corrected chi connectivity index (χ0v) is 10.9. The molecule has 1 aliphatic rings. The van der Waals surface area contributed by atoms with Crippen LogP contribution in [0, 0.1) is 5.92 Å². The van der Waals surface area contributed by atoms with Crippen LogP contribution in [0.15, 0.2) is 0 Å². The van der Waals surface area contributed by atoms with Crippen molar-refractivity contribution >= 4 is 5.91 Å². The molecule has 1 amide bonds. The molecule has 1 rings (SSSR count). The molecule has 16 heavy (non-hydrogen) atoms. The Morgan fingerprint density at radius 3 is 2.19 bits per heavy atom. The molecule has 2 unspecified atom stereocenters. The molecule has 0 heterocycles. The maximum absolute atomic E-state index is 12.2. The Labute approximate surface area is 99.2 Å². The third-order valence-corrected chi connectivity index (χ3v) is 4.32. The standard InChI is InChI=1S/C13H26N2O/c1-4-13(5-2,6-3)15-12(16)10-8-7-9-11(10)14/h10-11H,4-9,14H2,1-3H3,(H,15,16). The zero-order valence-electron chi connectivity index (χ0n) is 10.9. The van der Waals surface area contributed by atoms with E-state index >= 15 is 0 Å². The maximum Gasteiger partial charge on any atom is 0.225 e. The lowest BCUT2D eigenvalue weighted by Crippen LogP contribution is -2.51. The smallest absolute Gasteiger partial charge is 0.225 e. The van der Waals surface area contributed by atoms with Crippen LogP contribution in [0.5, 0.6) is 0 Å². The number of nitrogens with one attached hydrogen (secondary N) is 1. The van der Waals surface area contributed by atoms with Gasteiger partial charge in [0.2, 0.25) is 5.91 Å². The van der Waals surface area contributed by atoms with Crippen molar-refractivity contribution in [3.63, 3.8) is 0 Å². The number of carbonyl (C=O) groups is 1. The van der Waals surface area contributed by atoms with Crippen LogP contribution in [0.2, 0.25) is 0 Å². The van der Waals surface area contributed by atoms with Gasteiger partial charge in [-0.25, -0.2) is 0 Å². The highest BCUT2D eigenvalue weighted by Gasteiger charge is 2.34. The van der Waals surface area contributed by atoms with E-state index in [1.807, 2.05) is 0 Å². The molecule has 1 fully saturated rings. The Hall–Kier alpha value is -0.570.